The van der Waals surface area contributed by atoms with Gasteiger partial charge in [-0.1, -0.05) is 133 Å². The Morgan fingerprint density at radius 3 is 1.19 bits per heavy atom. The number of hydrogen-bond acceptors (Lipinski definition) is 5. The van der Waals surface area contributed by atoms with Crippen molar-refractivity contribution in [2.75, 3.05) is 14.2 Å². The number of carbonyl (C=O) groups excluding carboxylic acids is 3. The fourth-order valence-corrected chi connectivity index (χ4v) is 11.4. The van der Waals surface area contributed by atoms with E-state index in [1.807, 2.05) is 48.5 Å². The second-order valence-corrected chi connectivity index (χ2v) is 14.0. The molecule has 0 saturated heterocycles. The van der Waals surface area contributed by atoms with Crippen LogP contribution in [-0.2, 0) is 34.7 Å². The molecular formula is C43H36O5. The van der Waals surface area contributed by atoms with E-state index in [-0.39, 0.29) is 41.3 Å². The Morgan fingerprint density at radius 2 is 0.854 bits per heavy atom. The summed E-state index contributed by atoms with van der Waals surface area (Å²) in [6, 6.07) is 41.4. The number of fused-ring (bicyclic) bond motifs is 6. The van der Waals surface area contributed by atoms with Gasteiger partial charge in [-0.3, -0.25) is 14.4 Å². The highest BCUT2D eigenvalue weighted by Gasteiger charge is 2.86. The van der Waals surface area contributed by atoms with E-state index in [1.54, 1.807) is 0 Å². The van der Waals surface area contributed by atoms with Crippen molar-refractivity contribution in [1.82, 2.24) is 0 Å². The van der Waals surface area contributed by atoms with Crippen molar-refractivity contribution in [3.63, 3.8) is 0 Å². The molecule has 238 valence electrons. The summed E-state index contributed by atoms with van der Waals surface area (Å²) in [5, 5.41) is 0. The summed E-state index contributed by atoms with van der Waals surface area (Å²) < 4.78 is 10.8. The molecule has 4 aromatic rings. The highest BCUT2D eigenvalue weighted by atomic mass is 16.5. The van der Waals surface area contributed by atoms with Crippen molar-refractivity contribution in [2.45, 2.75) is 10.8 Å². The third kappa shape index (κ3) is 3.34. The van der Waals surface area contributed by atoms with Gasteiger partial charge in [0, 0.05) is 0 Å². The molecule has 6 aliphatic carbocycles. The van der Waals surface area contributed by atoms with Crippen molar-refractivity contribution >= 4 is 28.9 Å². The lowest BCUT2D eigenvalue weighted by Gasteiger charge is -2.69. The summed E-state index contributed by atoms with van der Waals surface area (Å²) in [4.78, 5) is 43.5. The van der Waals surface area contributed by atoms with Gasteiger partial charge in [-0.2, -0.15) is 0 Å². The zero-order valence-electron chi connectivity index (χ0n) is 26.9. The van der Waals surface area contributed by atoms with Crippen LogP contribution in [0.1, 0.15) is 22.3 Å². The molecule has 10 rings (SSSR count). The molecule has 0 aliphatic heterocycles. The van der Waals surface area contributed by atoms with Crippen LogP contribution in [0.25, 0.3) is 11.1 Å². The average Bonchev–Trinajstić information content (AvgIpc) is 3.49. The Labute approximate surface area is 280 Å². The van der Waals surface area contributed by atoms with Crippen LogP contribution in [0.15, 0.2) is 133 Å². The van der Waals surface area contributed by atoms with Crippen molar-refractivity contribution < 1.29 is 23.9 Å². The van der Waals surface area contributed by atoms with E-state index in [0.29, 0.717) is 0 Å². The minimum atomic E-state index is -0.984. The Hall–Kier alpha value is -5.03. The summed E-state index contributed by atoms with van der Waals surface area (Å²) in [6.45, 7) is 0. The van der Waals surface area contributed by atoms with Gasteiger partial charge in [0.2, 0.25) is 0 Å². The molecule has 4 aromatic carbocycles. The molecule has 5 nitrogen and oxygen atoms in total. The maximum atomic E-state index is 16.3. The van der Waals surface area contributed by atoms with Gasteiger partial charge in [0.25, 0.3) is 0 Å². The van der Waals surface area contributed by atoms with E-state index in [4.69, 9.17) is 9.47 Å². The Balaban J connectivity index is 1.42. The summed E-state index contributed by atoms with van der Waals surface area (Å²) >= 11 is 0. The predicted molar refractivity (Wildman–Crippen MR) is 182 cm³/mol. The minimum Gasteiger partial charge on any atom is -0.469 e. The van der Waals surface area contributed by atoms with E-state index in [9.17, 15) is 9.59 Å². The number of allylic oxidation sites excluding steroid dienone is 4. The first-order valence-corrected chi connectivity index (χ1v) is 16.9. The molecule has 10 atom stereocenters. The van der Waals surface area contributed by atoms with Gasteiger partial charge in [0.05, 0.1) is 36.9 Å². The first-order valence-electron chi connectivity index (χ1n) is 16.9. The van der Waals surface area contributed by atoms with Crippen LogP contribution in [0.3, 0.4) is 0 Å². The zero-order valence-corrected chi connectivity index (χ0v) is 26.9. The second-order valence-electron chi connectivity index (χ2n) is 14.0. The summed E-state index contributed by atoms with van der Waals surface area (Å²) in [7, 11) is 2.78. The molecule has 5 heteroatoms. The summed E-state index contributed by atoms with van der Waals surface area (Å²) in [5.41, 5.74) is 4.16. The van der Waals surface area contributed by atoms with Gasteiger partial charge in [-0.25, -0.2) is 0 Å². The smallest absolute Gasteiger partial charge is 0.310 e. The van der Waals surface area contributed by atoms with Crippen LogP contribution in [0, 0.1) is 47.3 Å². The number of hydrogen-bond donors (Lipinski definition) is 0. The number of methoxy groups -OCH3 is 2. The number of ether oxygens (including phenoxy) is 2. The molecule has 3 fully saturated rings. The predicted octanol–water partition coefficient (Wildman–Crippen LogP) is 6.94. The van der Waals surface area contributed by atoms with Crippen molar-refractivity contribution in [3.05, 3.63) is 156 Å². The largest absolute Gasteiger partial charge is 0.469 e. The lowest BCUT2D eigenvalue weighted by Crippen LogP contribution is -2.69. The second kappa shape index (κ2) is 10.5. The van der Waals surface area contributed by atoms with Gasteiger partial charge in [0.15, 0.2) is 5.78 Å². The van der Waals surface area contributed by atoms with Crippen LogP contribution in [0.2, 0.25) is 0 Å². The molecule has 4 bridgehead atoms. The number of ketones is 1. The van der Waals surface area contributed by atoms with Gasteiger partial charge in [-0.15, -0.1) is 0 Å². The normalized spacial score (nSPS) is 35.1. The highest BCUT2D eigenvalue weighted by molar-refractivity contribution is 6.30. The molecule has 0 heterocycles. The number of esters is 2. The maximum absolute atomic E-state index is 16.3. The molecule has 0 N–H and O–H groups in total. The standard InChI is InChI=1S/C43H36O5/c1-47-39(44)33-29-23-24-30(34(33)40(45)48-2)32-31(29)37-38(32)43(28-21-13-6-14-22-28)36(26-17-9-4-10-18-26)35(25-15-7-3-8-16-25)42(37,41(43)46)27-19-11-5-12-20-27/h3-24,29-34,37-38H,1-2H3/t29-,30+,31-,32-,33+,34+,37-,38-,42+,43+/m1/s1. The first-order chi connectivity index (χ1) is 23.5. The van der Waals surface area contributed by atoms with Crippen molar-refractivity contribution in [3.8, 4) is 0 Å². The van der Waals surface area contributed by atoms with Gasteiger partial charge >= 0.3 is 11.9 Å². The van der Waals surface area contributed by atoms with Crippen LogP contribution in [-0.4, -0.2) is 31.9 Å². The highest BCUT2D eigenvalue weighted by Crippen LogP contribution is 2.83. The average molecular weight is 633 g/mol. The zero-order chi connectivity index (χ0) is 32.8. The van der Waals surface area contributed by atoms with E-state index in [2.05, 4.69) is 84.9 Å². The molecule has 0 spiro atoms. The first kappa shape index (κ1) is 29.1. The molecule has 0 radical (unpaired) electrons. The number of rotatable bonds is 6. The van der Waals surface area contributed by atoms with E-state index in [1.165, 1.54) is 14.2 Å². The van der Waals surface area contributed by atoms with E-state index in [0.717, 1.165) is 33.4 Å². The lowest BCUT2D eigenvalue weighted by molar-refractivity contribution is -0.195. The molecule has 3 saturated carbocycles. The van der Waals surface area contributed by atoms with Crippen molar-refractivity contribution in [2.24, 2.45) is 47.3 Å². The maximum Gasteiger partial charge on any atom is 0.310 e. The monoisotopic (exact) mass is 632 g/mol. The molecule has 0 aromatic heterocycles. The van der Waals surface area contributed by atoms with Crippen LogP contribution >= 0.6 is 0 Å². The van der Waals surface area contributed by atoms with Crippen LogP contribution in [0.5, 0.6) is 0 Å². The summed E-state index contributed by atoms with van der Waals surface area (Å²) in [6.07, 6.45) is 4.27. The number of carbonyl (C=O) groups is 3. The number of benzene rings is 4. The van der Waals surface area contributed by atoms with Gasteiger partial charge < -0.3 is 9.47 Å². The fourth-order valence-electron chi connectivity index (χ4n) is 11.4. The van der Waals surface area contributed by atoms with Gasteiger partial charge in [0.1, 0.15) is 0 Å². The fraction of sp³-hybridized carbons (Fsp3) is 0.279. The molecule has 0 unspecified atom stereocenters. The van der Waals surface area contributed by atoms with E-state index < -0.39 is 34.6 Å². The van der Waals surface area contributed by atoms with Crippen LogP contribution < -0.4 is 0 Å². The Morgan fingerprint density at radius 1 is 0.521 bits per heavy atom. The molecule has 0 amide bonds. The van der Waals surface area contributed by atoms with Crippen molar-refractivity contribution in [1.29, 1.82) is 0 Å². The minimum absolute atomic E-state index is 0.0132. The Kier molecular flexibility index (Phi) is 6.36. The Bertz CT molecular complexity index is 1860. The lowest BCUT2D eigenvalue weighted by atomic mass is 9.33. The topological polar surface area (TPSA) is 69.7 Å². The summed E-state index contributed by atoms with van der Waals surface area (Å²) in [5.74, 6) is -2.72. The third-order valence-electron chi connectivity index (χ3n) is 12.6. The van der Waals surface area contributed by atoms with E-state index >= 15 is 4.79 Å². The third-order valence-corrected chi connectivity index (χ3v) is 12.6. The van der Waals surface area contributed by atoms with Gasteiger partial charge in [-0.05, 0) is 68.9 Å². The SMILES string of the molecule is COC(=O)[C@H]1[C@H]2C=C[C@@H]([C@@H]1C(=O)OC)[C@@H]1[C@@H]2[C@@H]2[C@@H]1[C@@]1(c3ccccc3)C(=O)[C@@]2(c2ccccc2)C(c2ccccc2)=C1c1ccccc1. The molecular weight excluding hydrogens is 596 g/mol. The molecule has 6 aliphatic rings. The van der Waals surface area contributed by atoms with Crippen LogP contribution in [0.4, 0.5) is 0 Å². The quantitative estimate of drug-likeness (QED) is 0.170. The molecule has 48 heavy (non-hydrogen) atoms. The number of Topliss-reactive ketones (excluding diaryl/α,β-unsaturated/α-hetero) is 1.